The van der Waals surface area contributed by atoms with Gasteiger partial charge in [0.1, 0.15) is 0 Å². The molecule has 11 heteroatoms. The van der Waals surface area contributed by atoms with E-state index in [1.165, 1.54) is 6.07 Å². The fourth-order valence-corrected chi connectivity index (χ4v) is 3.62. The molecule has 2 amide bonds. The molecule has 0 saturated heterocycles. The number of aliphatic hydroxyl groups excluding tert-OH is 1. The molecule has 0 unspecified atom stereocenters. The number of carbonyl (C=O) groups is 2. The topological polar surface area (TPSA) is 69.6 Å². The van der Waals surface area contributed by atoms with Crippen LogP contribution in [0.3, 0.4) is 0 Å². The highest BCUT2D eigenvalue weighted by Gasteiger charge is 2.37. The van der Waals surface area contributed by atoms with Crippen molar-refractivity contribution in [2.24, 2.45) is 0 Å². The SMILES string of the molecule is O=C(N[C@@H]1CCc2ccc(C(F)(F)F)cc21)C1=C(O)C(=O)N(CCCC(F)(F)F)C1. The predicted octanol–water partition coefficient (Wildman–Crippen LogP) is 3.81. The number of benzene rings is 1. The number of fused-ring (bicyclic) bond motifs is 1. The highest BCUT2D eigenvalue weighted by atomic mass is 19.4. The molecule has 164 valence electrons. The minimum Gasteiger partial charge on any atom is -0.503 e. The van der Waals surface area contributed by atoms with Gasteiger partial charge in [-0.05, 0) is 42.5 Å². The van der Waals surface area contributed by atoms with Crippen molar-refractivity contribution in [3.8, 4) is 0 Å². The molecular weight excluding hydrogens is 418 g/mol. The van der Waals surface area contributed by atoms with Crippen molar-refractivity contribution < 1.29 is 41.0 Å². The van der Waals surface area contributed by atoms with Crippen LogP contribution in [-0.2, 0) is 22.2 Å². The molecule has 0 saturated carbocycles. The van der Waals surface area contributed by atoms with Gasteiger partial charge in [0.05, 0.1) is 23.7 Å². The Morgan fingerprint density at radius 3 is 2.53 bits per heavy atom. The number of amides is 2. The first-order valence-corrected chi connectivity index (χ1v) is 9.16. The zero-order valence-corrected chi connectivity index (χ0v) is 15.5. The molecule has 1 heterocycles. The van der Waals surface area contributed by atoms with Crippen LogP contribution in [-0.4, -0.2) is 41.1 Å². The molecule has 1 aliphatic heterocycles. The third-order valence-electron chi connectivity index (χ3n) is 5.14. The zero-order valence-electron chi connectivity index (χ0n) is 15.5. The normalized spacial score (nSPS) is 19.5. The number of alkyl halides is 6. The van der Waals surface area contributed by atoms with Gasteiger partial charge in [-0.3, -0.25) is 9.59 Å². The lowest BCUT2D eigenvalue weighted by atomic mass is 10.0. The van der Waals surface area contributed by atoms with E-state index in [4.69, 9.17) is 0 Å². The number of halogens is 6. The standard InChI is InChI=1S/C19H18F6N2O3/c20-18(21,22)6-1-7-27-9-13(15(28)17(27)30)16(29)26-14-5-3-10-2-4-11(8-12(10)14)19(23,24)25/h2,4,8,14,28H,1,3,5-7,9H2,(H,26,29)/t14-/m1/s1. The Hall–Kier alpha value is -2.72. The van der Waals surface area contributed by atoms with Crippen LogP contribution in [0.2, 0.25) is 0 Å². The van der Waals surface area contributed by atoms with Crippen molar-refractivity contribution in [1.82, 2.24) is 10.2 Å². The molecule has 0 bridgehead atoms. The number of hydrogen-bond acceptors (Lipinski definition) is 3. The molecular formula is C19H18F6N2O3. The smallest absolute Gasteiger partial charge is 0.416 e. The molecule has 0 radical (unpaired) electrons. The van der Waals surface area contributed by atoms with E-state index in [0.717, 1.165) is 17.0 Å². The molecule has 3 rings (SSSR count). The van der Waals surface area contributed by atoms with Crippen molar-refractivity contribution in [1.29, 1.82) is 0 Å². The predicted molar refractivity (Wildman–Crippen MR) is 92.2 cm³/mol. The van der Waals surface area contributed by atoms with Gasteiger partial charge >= 0.3 is 12.4 Å². The van der Waals surface area contributed by atoms with Gasteiger partial charge < -0.3 is 15.3 Å². The summed E-state index contributed by atoms with van der Waals surface area (Å²) in [6, 6.07) is 2.54. The lowest BCUT2D eigenvalue weighted by Gasteiger charge is -2.18. The van der Waals surface area contributed by atoms with Gasteiger partial charge in [0, 0.05) is 13.0 Å². The maximum atomic E-state index is 13.0. The summed E-state index contributed by atoms with van der Waals surface area (Å²) in [5, 5.41) is 12.5. The minimum absolute atomic E-state index is 0.291. The quantitative estimate of drug-likeness (QED) is 0.690. The molecule has 2 aliphatic rings. The Morgan fingerprint density at radius 2 is 1.90 bits per heavy atom. The van der Waals surface area contributed by atoms with Crippen LogP contribution >= 0.6 is 0 Å². The average molecular weight is 436 g/mol. The van der Waals surface area contributed by atoms with Crippen LogP contribution in [0.15, 0.2) is 29.5 Å². The van der Waals surface area contributed by atoms with Gasteiger partial charge in [0.25, 0.3) is 11.8 Å². The summed E-state index contributed by atoms with van der Waals surface area (Å²) >= 11 is 0. The summed E-state index contributed by atoms with van der Waals surface area (Å²) < 4.78 is 75.7. The first kappa shape index (κ1) is 22.0. The van der Waals surface area contributed by atoms with Gasteiger partial charge in [-0.25, -0.2) is 0 Å². The lowest BCUT2D eigenvalue weighted by Crippen LogP contribution is -2.32. The minimum atomic E-state index is -4.54. The van der Waals surface area contributed by atoms with Crippen LogP contribution < -0.4 is 5.32 Å². The van der Waals surface area contributed by atoms with Gasteiger partial charge in [-0.15, -0.1) is 0 Å². The maximum absolute atomic E-state index is 13.0. The summed E-state index contributed by atoms with van der Waals surface area (Å²) in [6.45, 7) is -0.656. The summed E-state index contributed by atoms with van der Waals surface area (Å²) in [6.07, 6.45) is -9.62. The van der Waals surface area contributed by atoms with Crippen molar-refractivity contribution in [3.05, 3.63) is 46.2 Å². The van der Waals surface area contributed by atoms with E-state index in [-0.39, 0.29) is 25.1 Å². The number of carbonyl (C=O) groups excluding carboxylic acids is 2. The molecule has 1 aromatic carbocycles. The molecule has 1 aromatic rings. The Kier molecular flexibility index (Phi) is 5.74. The molecule has 5 nitrogen and oxygen atoms in total. The summed E-state index contributed by atoms with van der Waals surface area (Å²) in [7, 11) is 0. The molecule has 1 aliphatic carbocycles. The highest BCUT2D eigenvalue weighted by molar-refractivity contribution is 6.07. The first-order chi connectivity index (χ1) is 13.9. The van der Waals surface area contributed by atoms with Crippen molar-refractivity contribution >= 4 is 11.8 Å². The summed E-state index contributed by atoms with van der Waals surface area (Å²) in [5.41, 5.74) is -0.198. The number of hydrogen-bond donors (Lipinski definition) is 2. The van der Waals surface area contributed by atoms with Gasteiger partial charge in [0.2, 0.25) is 0 Å². The Morgan fingerprint density at radius 1 is 1.20 bits per heavy atom. The maximum Gasteiger partial charge on any atom is 0.416 e. The second-order valence-corrected chi connectivity index (χ2v) is 7.25. The number of nitrogens with zero attached hydrogens (tertiary/aromatic N) is 1. The fraction of sp³-hybridized carbons (Fsp3) is 0.474. The van der Waals surface area contributed by atoms with Crippen LogP contribution in [0.4, 0.5) is 26.3 Å². The van der Waals surface area contributed by atoms with Crippen molar-refractivity contribution in [2.75, 3.05) is 13.1 Å². The van der Waals surface area contributed by atoms with Crippen LogP contribution in [0.25, 0.3) is 0 Å². The first-order valence-electron chi connectivity index (χ1n) is 9.16. The second-order valence-electron chi connectivity index (χ2n) is 7.25. The summed E-state index contributed by atoms with van der Waals surface area (Å²) in [4.78, 5) is 25.4. The van der Waals surface area contributed by atoms with Crippen LogP contribution in [0, 0.1) is 0 Å². The Labute approximate surface area is 167 Å². The molecule has 1 atom stereocenters. The fourth-order valence-electron chi connectivity index (χ4n) is 3.62. The van der Waals surface area contributed by atoms with E-state index >= 15 is 0 Å². The van der Waals surface area contributed by atoms with E-state index in [1.54, 1.807) is 0 Å². The largest absolute Gasteiger partial charge is 0.503 e. The molecule has 0 aromatic heterocycles. The number of aliphatic hydroxyl groups is 1. The van der Waals surface area contributed by atoms with Gasteiger partial charge in [0.15, 0.2) is 5.76 Å². The van der Waals surface area contributed by atoms with Gasteiger partial charge in [-0.2, -0.15) is 26.3 Å². The third-order valence-corrected chi connectivity index (χ3v) is 5.14. The lowest BCUT2D eigenvalue weighted by molar-refractivity contribution is -0.139. The zero-order chi connectivity index (χ0) is 22.3. The van der Waals surface area contributed by atoms with E-state index < -0.39 is 48.0 Å². The third kappa shape index (κ3) is 4.71. The molecule has 30 heavy (non-hydrogen) atoms. The number of rotatable bonds is 5. The van der Waals surface area contributed by atoms with E-state index in [0.29, 0.717) is 24.0 Å². The Balaban J connectivity index is 1.67. The molecule has 0 spiro atoms. The van der Waals surface area contributed by atoms with Crippen molar-refractivity contribution in [2.45, 2.75) is 44.1 Å². The van der Waals surface area contributed by atoms with Crippen LogP contribution in [0.5, 0.6) is 0 Å². The number of nitrogens with one attached hydrogen (secondary N) is 1. The van der Waals surface area contributed by atoms with E-state index in [9.17, 15) is 41.0 Å². The van der Waals surface area contributed by atoms with Crippen LogP contribution in [0.1, 0.15) is 42.0 Å². The number of aryl methyl sites for hydroxylation is 1. The van der Waals surface area contributed by atoms with Crippen molar-refractivity contribution in [3.63, 3.8) is 0 Å². The van der Waals surface area contributed by atoms with Gasteiger partial charge in [-0.1, -0.05) is 6.07 Å². The molecule has 2 N–H and O–H groups in total. The Bertz CT molecular complexity index is 891. The van der Waals surface area contributed by atoms with E-state index in [2.05, 4.69) is 5.32 Å². The monoisotopic (exact) mass is 436 g/mol. The van der Waals surface area contributed by atoms with E-state index in [1.807, 2.05) is 0 Å². The average Bonchev–Trinajstić information content (AvgIpc) is 3.15. The highest BCUT2D eigenvalue weighted by Crippen LogP contribution is 2.37. The molecule has 0 fully saturated rings. The summed E-state index contributed by atoms with van der Waals surface area (Å²) in [5.74, 6) is -2.65. The second kappa shape index (κ2) is 7.84.